The number of aromatic nitrogens is 1. The number of hydrogen-bond acceptors (Lipinski definition) is 6. The smallest absolute Gasteiger partial charge is 0.475 e. The van der Waals surface area contributed by atoms with Crippen LogP contribution in [0.3, 0.4) is 0 Å². The molecule has 1 spiro atoms. The molecule has 2 N–H and O–H groups in total. The second kappa shape index (κ2) is 10.0. The van der Waals surface area contributed by atoms with Gasteiger partial charge in [0.25, 0.3) is 0 Å². The Morgan fingerprint density at radius 2 is 2.00 bits per heavy atom. The number of carboxylic acid groups (broad SMARTS) is 1. The number of piperidine rings is 1. The Labute approximate surface area is 173 Å². The molecule has 1 aromatic rings. The molecule has 12 heteroatoms. The fraction of sp³-hybridized carbons (Fsp3) is 0.667. The van der Waals surface area contributed by atoms with Crippen molar-refractivity contribution >= 4 is 16.0 Å². The maximum atomic E-state index is 11.5. The number of nitrogens with zero attached hydrogens (tertiary/aromatic N) is 2. The summed E-state index contributed by atoms with van der Waals surface area (Å²) in [5.41, 5.74) is 0.922. The third-order valence-electron chi connectivity index (χ3n) is 5.00. The van der Waals surface area contributed by atoms with Crippen LogP contribution in [0.2, 0.25) is 0 Å². The first-order chi connectivity index (χ1) is 13.9. The second-order valence-electron chi connectivity index (χ2n) is 7.51. The van der Waals surface area contributed by atoms with Gasteiger partial charge in [-0.15, -0.1) is 0 Å². The van der Waals surface area contributed by atoms with E-state index in [0.29, 0.717) is 6.61 Å². The molecular formula is C18H26F3N3O5S. The van der Waals surface area contributed by atoms with Gasteiger partial charge in [0, 0.05) is 38.5 Å². The lowest BCUT2D eigenvalue weighted by Gasteiger charge is -2.46. The van der Waals surface area contributed by atoms with Gasteiger partial charge in [0.05, 0.1) is 17.6 Å². The number of likely N-dealkylation sites (tertiary alicyclic amines) is 1. The summed E-state index contributed by atoms with van der Waals surface area (Å²) < 4.78 is 63.5. The molecule has 8 nitrogen and oxygen atoms in total. The van der Waals surface area contributed by atoms with Gasteiger partial charge in [-0.2, -0.15) is 13.2 Å². The third-order valence-corrected chi connectivity index (χ3v) is 5.76. The van der Waals surface area contributed by atoms with E-state index >= 15 is 0 Å². The largest absolute Gasteiger partial charge is 0.490 e. The zero-order valence-corrected chi connectivity index (χ0v) is 17.4. The van der Waals surface area contributed by atoms with E-state index in [4.69, 9.17) is 14.6 Å². The Morgan fingerprint density at radius 3 is 2.50 bits per heavy atom. The van der Waals surface area contributed by atoms with Crippen LogP contribution in [0.25, 0.3) is 0 Å². The average Bonchev–Trinajstić information content (AvgIpc) is 2.63. The zero-order valence-electron chi connectivity index (χ0n) is 16.6. The highest BCUT2D eigenvalue weighted by Gasteiger charge is 2.41. The molecular weight excluding hydrogens is 427 g/mol. The minimum absolute atomic E-state index is 0.00101. The normalized spacial score (nSPS) is 22.2. The summed E-state index contributed by atoms with van der Waals surface area (Å²) in [5.74, 6) is -2.76. The maximum absolute atomic E-state index is 11.5. The molecule has 0 aromatic carbocycles. The molecule has 3 heterocycles. The Morgan fingerprint density at radius 1 is 1.37 bits per heavy atom. The molecule has 2 saturated heterocycles. The number of carbonyl (C=O) groups is 1. The van der Waals surface area contributed by atoms with E-state index in [1.807, 2.05) is 24.4 Å². The molecule has 1 aromatic heterocycles. The van der Waals surface area contributed by atoms with Crippen LogP contribution in [-0.2, 0) is 26.1 Å². The predicted octanol–water partition coefficient (Wildman–Crippen LogP) is 1.78. The highest BCUT2D eigenvalue weighted by Crippen LogP contribution is 2.35. The number of hydrogen-bond donors (Lipinski definition) is 2. The molecule has 0 bridgehead atoms. The van der Waals surface area contributed by atoms with Crippen LogP contribution >= 0.6 is 0 Å². The number of ether oxygens (including phenoxy) is 1. The van der Waals surface area contributed by atoms with Crippen LogP contribution in [-0.4, -0.2) is 73.1 Å². The summed E-state index contributed by atoms with van der Waals surface area (Å²) in [4.78, 5) is 15.7. The molecule has 0 saturated carbocycles. The monoisotopic (exact) mass is 453 g/mol. The first-order valence-electron chi connectivity index (χ1n) is 9.42. The highest BCUT2D eigenvalue weighted by atomic mass is 32.2. The molecule has 2 aliphatic rings. The van der Waals surface area contributed by atoms with Crippen molar-refractivity contribution in [2.24, 2.45) is 0 Å². The van der Waals surface area contributed by atoms with Gasteiger partial charge in [0.2, 0.25) is 10.0 Å². The van der Waals surface area contributed by atoms with E-state index in [-0.39, 0.29) is 11.6 Å². The number of pyridine rings is 1. The number of aliphatic carboxylic acids is 1. The highest BCUT2D eigenvalue weighted by molar-refractivity contribution is 7.88. The van der Waals surface area contributed by atoms with E-state index < -0.39 is 22.2 Å². The van der Waals surface area contributed by atoms with E-state index in [1.54, 1.807) is 0 Å². The van der Waals surface area contributed by atoms with Gasteiger partial charge in [-0.3, -0.25) is 9.88 Å². The Balaban J connectivity index is 0.000000396. The van der Waals surface area contributed by atoms with Gasteiger partial charge in [0.15, 0.2) is 0 Å². The number of carboxylic acids is 1. The van der Waals surface area contributed by atoms with Crippen LogP contribution in [0.15, 0.2) is 24.4 Å². The number of sulfonamides is 1. The Bertz CT molecular complexity index is 797. The summed E-state index contributed by atoms with van der Waals surface area (Å²) in [6.07, 6.45) is 1.39. The minimum Gasteiger partial charge on any atom is -0.475 e. The van der Waals surface area contributed by atoms with Crippen molar-refractivity contribution in [2.45, 2.75) is 50.0 Å². The van der Waals surface area contributed by atoms with Crippen LogP contribution in [0, 0.1) is 0 Å². The topological polar surface area (TPSA) is 109 Å². The number of halogens is 3. The summed E-state index contributed by atoms with van der Waals surface area (Å²) in [6.45, 7) is 3.42. The molecule has 2 aliphatic heterocycles. The number of rotatable bonds is 4. The van der Waals surface area contributed by atoms with E-state index in [0.717, 1.165) is 51.0 Å². The van der Waals surface area contributed by atoms with Gasteiger partial charge >= 0.3 is 12.1 Å². The predicted molar refractivity (Wildman–Crippen MR) is 102 cm³/mol. The number of alkyl halides is 3. The lowest BCUT2D eigenvalue weighted by molar-refractivity contribution is -0.192. The first kappa shape index (κ1) is 24.5. The molecule has 0 aliphatic carbocycles. The average molecular weight is 453 g/mol. The third kappa shape index (κ3) is 8.17. The van der Waals surface area contributed by atoms with Crippen molar-refractivity contribution in [3.05, 3.63) is 30.1 Å². The standard InChI is InChI=1S/C16H25N3O3S.C2HF3O2/c1-23(20,21)18-14-5-11-22-16(12-14)6-9-19(10-7-16)13-15-4-2-3-8-17-15;3-2(4,5)1(6)7/h2-4,8,14,18H,5-7,9-13H2,1H3;(H,6,7). The minimum atomic E-state index is -5.08. The summed E-state index contributed by atoms with van der Waals surface area (Å²) >= 11 is 0. The van der Waals surface area contributed by atoms with Crippen molar-refractivity contribution in [1.29, 1.82) is 0 Å². The fourth-order valence-electron chi connectivity index (χ4n) is 3.62. The first-order valence-corrected chi connectivity index (χ1v) is 11.3. The molecule has 170 valence electrons. The van der Waals surface area contributed by atoms with Crippen LogP contribution in [0.4, 0.5) is 13.2 Å². The van der Waals surface area contributed by atoms with Crippen molar-refractivity contribution in [1.82, 2.24) is 14.6 Å². The van der Waals surface area contributed by atoms with E-state index in [9.17, 15) is 21.6 Å². The number of nitrogens with one attached hydrogen (secondary N) is 1. The molecule has 0 amide bonds. The molecule has 2 fully saturated rings. The van der Waals surface area contributed by atoms with Crippen molar-refractivity contribution < 1.29 is 36.2 Å². The summed E-state index contributed by atoms with van der Waals surface area (Å²) in [7, 11) is -3.15. The summed E-state index contributed by atoms with van der Waals surface area (Å²) in [6, 6.07) is 5.99. The second-order valence-corrected chi connectivity index (χ2v) is 9.29. The fourth-order valence-corrected chi connectivity index (χ4v) is 4.43. The Hall–Kier alpha value is -1.76. The summed E-state index contributed by atoms with van der Waals surface area (Å²) in [5, 5.41) is 7.12. The van der Waals surface area contributed by atoms with Crippen LogP contribution in [0.5, 0.6) is 0 Å². The quantitative estimate of drug-likeness (QED) is 0.715. The van der Waals surface area contributed by atoms with Crippen molar-refractivity contribution in [3.8, 4) is 0 Å². The molecule has 1 unspecified atom stereocenters. The van der Waals surface area contributed by atoms with Crippen LogP contribution < -0.4 is 4.72 Å². The van der Waals surface area contributed by atoms with Gasteiger partial charge < -0.3 is 9.84 Å². The SMILES string of the molecule is CS(=O)(=O)NC1CCOC2(CCN(Cc3ccccn3)CC2)C1.O=C(O)C(F)(F)F. The van der Waals surface area contributed by atoms with Crippen LogP contribution in [0.1, 0.15) is 31.4 Å². The van der Waals surface area contributed by atoms with Gasteiger partial charge in [-0.05, 0) is 37.8 Å². The van der Waals surface area contributed by atoms with Gasteiger partial charge in [-0.25, -0.2) is 17.9 Å². The maximum Gasteiger partial charge on any atom is 0.490 e. The molecule has 0 radical (unpaired) electrons. The van der Waals surface area contributed by atoms with E-state index in [1.165, 1.54) is 6.26 Å². The van der Waals surface area contributed by atoms with Gasteiger partial charge in [-0.1, -0.05) is 6.07 Å². The molecule has 30 heavy (non-hydrogen) atoms. The lowest BCUT2D eigenvalue weighted by atomic mass is 9.82. The zero-order chi connectivity index (χ0) is 22.4. The van der Waals surface area contributed by atoms with Gasteiger partial charge in [0.1, 0.15) is 0 Å². The van der Waals surface area contributed by atoms with Crippen molar-refractivity contribution in [3.63, 3.8) is 0 Å². The molecule has 3 rings (SSSR count). The Kier molecular flexibility index (Phi) is 8.20. The van der Waals surface area contributed by atoms with E-state index in [2.05, 4.69) is 14.6 Å². The lowest BCUT2D eigenvalue weighted by Crippen LogP contribution is -2.53. The molecule has 1 atom stereocenters. The van der Waals surface area contributed by atoms with Crippen molar-refractivity contribution in [2.75, 3.05) is 26.0 Å².